The Balaban J connectivity index is 1.69. The minimum Gasteiger partial charge on any atom is -0.503 e. The molecule has 5 rings (SSSR count). The van der Waals surface area contributed by atoms with Crippen molar-refractivity contribution in [2.24, 2.45) is 5.10 Å². The van der Waals surface area contributed by atoms with E-state index in [1.54, 1.807) is 30.3 Å². The maximum Gasteiger partial charge on any atom is 0.282 e. The standard InChI is InChI=1S/C25H18BrN3O4/c1-2-32-21-12-15(11-18(26)23(21)30)14-27-29-24(22-13-16-7-3-6-10-20(16)33-22)28-19-9-5-4-8-17(19)25(29)31/h3-14,30H,2H2,1H3. The summed E-state index contributed by atoms with van der Waals surface area (Å²) < 4.78 is 13.1. The number of halogens is 1. The lowest BCUT2D eigenvalue weighted by atomic mass is 10.2. The molecule has 0 aliphatic carbocycles. The molecule has 0 aliphatic heterocycles. The predicted molar refractivity (Wildman–Crippen MR) is 131 cm³/mol. The summed E-state index contributed by atoms with van der Waals surface area (Å²) in [7, 11) is 0. The first-order chi connectivity index (χ1) is 16.0. The molecule has 5 aromatic rings. The third-order valence-corrected chi connectivity index (χ3v) is 5.68. The third kappa shape index (κ3) is 3.89. The van der Waals surface area contributed by atoms with Gasteiger partial charge in [-0.15, -0.1) is 0 Å². The van der Waals surface area contributed by atoms with Gasteiger partial charge >= 0.3 is 0 Å². The summed E-state index contributed by atoms with van der Waals surface area (Å²) in [6, 6.07) is 19.9. The summed E-state index contributed by atoms with van der Waals surface area (Å²) in [6.45, 7) is 2.22. The molecule has 0 fully saturated rings. The highest BCUT2D eigenvalue weighted by molar-refractivity contribution is 9.10. The van der Waals surface area contributed by atoms with Crippen LogP contribution in [-0.2, 0) is 0 Å². The summed E-state index contributed by atoms with van der Waals surface area (Å²) in [6.07, 6.45) is 1.51. The second-order valence-electron chi connectivity index (χ2n) is 7.25. The van der Waals surface area contributed by atoms with E-state index in [2.05, 4.69) is 26.0 Å². The first kappa shape index (κ1) is 21.0. The SMILES string of the molecule is CCOc1cc(C=Nn2c(-c3cc4ccccc4o3)nc3ccccc3c2=O)cc(Br)c1O. The molecule has 0 amide bonds. The van der Waals surface area contributed by atoms with Gasteiger partial charge in [0, 0.05) is 5.39 Å². The Hall–Kier alpha value is -3.91. The summed E-state index contributed by atoms with van der Waals surface area (Å²) in [5.41, 5.74) is 1.54. The molecule has 8 heteroatoms. The molecule has 33 heavy (non-hydrogen) atoms. The van der Waals surface area contributed by atoms with Crippen LogP contribution in [0.5, 0.6) is 11.5 Å². The van der Waals surface area contributed by atoms with Gasteiger partial charge in [0.25, 0.3) is 5.56 Å². The highest BCUT2D eigenvalue weighted by Gasteiger charge is 2.16. The molecular formula is C25H18BrN3O4. The normalized spacial score (nSPS) is 11.6. The average molecular weight is 504 g/mol. The Bertz CT molecular complexity index is 1550. The number of aromatic nitrogens is 2. The molecule has 0 aliphatic rings. The molecule has 2 aromatic heterocycles. The number of aromatic hydroxyl groups is 1. The molecule has 164 valence electrons. The maximum atomic E-state index is 13.3. The number of rotatable bonds is 5. The van der Waals surface area contributed by atoms with Gasteiger partial charge in [0.15, 0.2) is 17.3 Å². The van der Waals surface area contributed by atoms with Crippen LogP contribution >= 0.6 is 15.9 Å². The first-order valence-electron chi connectivity index (χ1n) is 10.3. The summed E-state index contributed by atoms with van der Waals surface area (Å²) >= 11 is 3.32. The molecule has 0 radical (unpaired) electrons. The highest BCUT2D eigenvalue weighted by atomic mass is 79.9. The molecule has 0 bridgehead atoms. The number of fused-ring (bicyclic) bond motifs is 2. The fourth-order valence-electron chi connectivity index (χ4n) is 3.54. The number of furan rings is 1. The zero-order valence-corrected chi connectivity index (χ0v) is 19.1. The van der Waals surface area contributed by atoms with E-state index >= 15 is 0 Å². The van der Waals surface area contributed by atoms with Crippen molar-refractivity contribution < 1.29 is 14.3 Å². The number of benzene rings is 3. The van der Waals surface area contributed by atoms with Gasteiger partial charge in [0.05, 0.1) is 28.2 Å². The topological polar surface area (TPSA) is 89.9 Å². The number of hydrogen-bond acceptors (Lipinski definition) is 6. The monoisotopic (exact) mass is 503 g/mol. The van der Waals surface area contributed by atoms with Crippen LogP contribution in [0.15, 0.2) is 85.5 Å². The van der Waals surface area contributed by atoms with Crippen LogP contribution in [0.1, 0.15) is 12.5 Å². The number of ether oxygens (including phenoxy) is 1. The van der Waals surface area contributed by atoms with Crippen molar-refractivity contribution in [2.75, 3.05) is 6.61 Å². The van der Waals surface area contributed by atoms with Gasteiger partial charge < -0.3 is 14.3 Å². The van der Waals surface area contributed by atoms with Crippen LogP contribution < -0.4 is 10.3 Å². The number of phenols is 1. The largest absolute Gasteiger partial charge is 0.503 e. The van der Waals surface area contributed by atoms with Crippen LogP contribution in [0.4, 0.5) is 0 Å². The molecule has 0 saturated carbocycles. The van der Waals surface area contributed by atoms with Crippen LogP contribution in [0.2, 0.25) is 0 Å². The van der Waals surface area contributed by atoms with Gasteiger partial charge in [0.2, 0.25) is 5.82 Å². The minimum absolute atomic E-state index is 0.00139. The van der Waals surface area contributed by atoms with Crippen molar-refractivity contribution in [3.8, 4) is 23.1 Å². The fourth-order valence-corrected chi connectivity index (χ4v) is 4.00. The average Bonchev–Trinajstić information content (AvgIpc) is 3.26. The van der Waals surface area contributed by atoms with E-state index in [0.29, 0.717) is 44.6 Å². The fraction of sp³-hybridized carbons (Fsp3) is 0.0800. The molecule has 1 N–H and O–H groups in total. The molecule has 0 spiro atoms. The van der Waals surface area contributed by atoms with Crippen LogP contribution in [0.25, 0.3) is 33.5 Å². The van der Waals surface area contributed by atoms with Crippen molar-refractivity contribution in [1.29, 1.82) is 0 Å². The molecule has 7 nitrogen and oxygen atoms in total. The Kier molecular flexibility index (Phi) is 5.43. The van der Waals surface area contributed by atoms with E-state index in [4.69, 9.17) is 9.15 Å². The maximum absolute atomic E-state index is 13.3. The summed E-state index contributed by atoms with van der Waals surface area (Å²) in [5.74, 6) is 1.03. The Morgan fingerprint density at radius 2 is 1.94 bits per heavy atom. The van der Waals surface area contributed by atoms with E-state index in [1.165, 1.54) is 10.9 Å². The Morgan fingerprint density at radius 1 is 1.15 bits per heavy atom. The smallest absolute Gasteiger partial charge is 0.282 e. The van der Waals surface area contributed by atoms with Crippen molar-refractivity contribution in [3.63, 3.8) is 0 Å². The van der Waals surface area contributed by atoms with Gasteiger partial charge in [0.1, 0.15) is 5.58 Å². The van der Waals surface area contributed by atoms with Gasteiger partial charge in [-0.1, -0.05) is 30.3 Å². The predicted octanol–water partition coefficient (Wildman–Crippen LogP) is 5.56. The molecule has 2 heterocycles. The molecule has 0 saturated heterocycles. The zero-order chi connectivity index (χ0) is 22.9. The van der Waals surface area contributed by atoms with E-state index < -0.39 is 0 Å². The van der Waals surface area contributed by atoms with Crippen LogP contribution in [0.3, 0.4) is 0 Å². The van der Waals surface area contributed by atoms with Crippen molar-refractivity contribution in [2.45, 2.75) is 6.92 Å². The Labute approximate surface area is 196 Å². The van der Waals surface area contributed by atoms with Crippen molar-refractivity contribution in [1.82, 2.24) is 9.66 Å². The summed E-state index contributed by atoms with van der Waals surface area (Å²) in [4.78, 5) is 18.0. The first-order valence-corrected chi connectivity index (χ1v) is 11.0. The van der Waals surface area contributed by atoms with E-state index in [0.717, 1.165) is 5.39 Å². The second kappa shape index (κ2) is 8.55. The number of hydrogen-bond donors (Lipinski definition) is 1. The lowest BCUT2D eigenvalue weighted by Crippen LogP contribution is -2.20. The van der Waals surface area contributed by atoms with Gasteiger partial charge in [-0.25, -0.2) is 4.98 Å². The number of para-hydroxylation sites is 2. The van der Waals surface area contributed by atoms with E-state index in [9.17, 15) is 9.90 Å². The van der Waals surface area contributed by atoms with Crippen molar-refractivity contribution in [3.05, 3.63) is 87.1 Å². The van der Waals surface area contributed by atoms with Crippen LogP contribution in [0, 0.1) is 0 Å². The molecule has 0 atom stereocenters. The highest BCUT2D eigenvalue weighted by Crippen LogP contribution is 2.35. The molecular weight excluding hydrogens is 486 g/mol. The summed E-state index contributed by atoms with van der Waals surface area (Å²) in [5, 5.41) is 16.0. The van der Waals surface area contributed by atoms with Gasteiger partial charge in [-0.05, 0) is 64.8 Å². The third-order valence-electron chi connectivity index (χ3n) is 5.07. The van der Waals surface area contributed by atoms with E-state index in [-0.39, 0.29) is 17.1 Å². The molecule has 0 unspecified atom stereocenters. The Morgan fingerprint density at radius 3 is 2.76 bits per heavy atom. The zero-order valence-electron chi connectivity index (χ0n) is 17.5. The second-order valence-corrected chi connectivity index (χ2v) is 8.10. The van der Waals surface area contributed by atoms with Gasteiger partial charge in [-0.3, -0.25) is 4.79 Å². The number of phenolic OH excluding ortho intramolecular Hbond substituents is 1. The lowest BCUT2D eigenvalue weighted by Gasteiger charge is -2.09. The lowest BCUT2D eigenvalue weighted by molar-refractivity contribution is 0.317. The number of nitrogens with zero attached hydrogens (tertiary/aromatic N) is 3. The van der Waals surface area contributed by atoms with E-state index in [1.807, 2.05) is 43.3 Å². The molecule has 3 aromatic carbocycles. The van der Waals surface area contributed by atoms with Crippen molar-refractivity contribution >= 4 is 44.0 Å². The minimum atomic E-state index is -0.324. The van der Waals surface area contributed by atoms with Crippen LogP contribution in [-0.4, -0.2) is 27.6 Å². The quantitative estimate of drug-likeness (QED) is 0.317. The van der Waals surface area contributed by atoms with Gasteiger partial charge in [-0.2, -0.15) is 9.78 Å².